The van der Waals surface area contributed by atoms with Gasteiger partial charge in [0.05, 0.1) is 18.1 Å². The van der Waals surface area contributed by atoms with Gasteiger partial charge in [-0.05, 0) is 17.7 Å². The van der Waals surface area contributed by atoms with Crippen molar-refractivity contribution in [3.8, 4) is 0 Å². The molecule has 2 unspecified atom stereocenters. The number of alkyl halides is 3. The molecule has 0 fully saturated rings. The van der Waals surface area contributed by atoms with Crippen molar-refractivity contribution in [1.29, 1.82) is 0 Å². The van der Waals surface area contributed by atoms with Crippen molar-refractivity contribution in [1.82, 2.24) is 0 Å². The highest BCUT2D eigenvalue weighted by Gasteiger charge is 2.32. The smallest absolute Gasteiger partial charge is 0.390 e. The number of carbonyl (C=O) groups is 2. The molecule has 20 heavy (non-hydrogen) atoms. The van der Waals surface area contributed by atoms with Crippen LogP contribution in [0.2, 0.25) is 0 Å². The maximum absolute atomic E-state index is 12.6. The molecule has 0 aliphatic rings. The topological polar surface area (TPSA) is 101 Å². The van der Waals surface area contributed by atoms with Gasteiger partial charge >= 0.3 is 6.18 Å². The van der Waals surface area contributed by atoms with Crippen LogP contribution in [0.1, 0.15) is 34.0 Å². The maximum Gasteiger partial charge on any atom is 0.416 e. The van der Waals surface area contributed by atoms with E-state index in [1.54, 1.807) is 0 Å². The van der Waals surface area contributed by atoms with Gasteiger partial charge in [0.25, 0.3) is 0 Å². The van der Waals surface area contributed by atoms with Crippen molar-refractivity contribution >= 4 is 12.2 Å². The highest BCUT2D eigenvalue weighted by Crippen LogP contribution is 2.32. The number of aliphatic hydroxyl groups is 2. The number of halogens is 3. The summed E-state index contributed by atoms with van der Waals surface area (Å²) in [6.07, 6.45) is -8.59. The third-order valence-corrected chi connectivity index (χ3v) is 2.63. The Hall–Kier alpha value is -1.93. The van der Waals surface area contributed by atoms with E-state index < -0.39 is 41.8 Å². The number of hydrogen-bond donors (Lipinski definition) is 3. The van der Waals surface area contributed by atoms with Gasteiger partial charge in [-0.25, -0.2) is 0 Å². The van der Waals surface area contributed by atoms with Crippen molar-refractivity contribution in [3.05, 3.63) is 34.9 Å². The van der Waals surface area contributed by atoms with Crippen LogP contribution >= 0.6 is 0 Å². The number of nitrogens with two attached hydrogens (primary N) is 1. The largest absolute Gasteiger partial charge is 0.416 e. The molecule has 0 saturated carbocycles. The standard InChI is InChI=1S/C12H12F3NO4/c13-12(14,15)7-2-1-6(5-17)8(3-7)11(20)9(18)4-10(16)19/h1-3,5,9,11,18,20H,4H2,(H2,16,19). The van der Waals surface area contributed by atoms with Crippen LogP contribution in [0.5, 0.6) is 0 Å². The van der Waals surface area contributed by atoms with Gasteiger partial charge in [-0.2, -0.15) is 13.2 Å². The summed E-state index contributed by atoms with van der Waals surface area (Å²) in [5.41, 5.74) is 3.11. The fourth-order valence-corrected chi connectivity index (χ4v) is 1.64. The zero-order chi connectivity index (χ0) is 15.5. The lowest BCUT2D eigenvalue weighted by atomic mass is 9.95. The van der Waals surface area contributed by atoms with Crippen molar-refractivity contribution in [2.24, 2.45) is 5.73 Å². The van der Waals surface area contributed by atoms with Crippen LogP contribution in [0.15, 0.2) is 18.2 Å². The van der Waals surface area contributed by atoms with Gasteiger partial charge in [-0.15, -0.1) is 0 Å². The number of aldehydes is 1. The molecule has 1 aromatic carbocycles. The Morgan fingerprint density at radius 2 is 1.95 bits per heavy atom. The van der Waals surface area contributed by atoms with E-state index in [2.05, 4.69) is 0 Å². The first kappa shape index (κ1) is 16.1. The molecule has 110 valence electrons. The monoisotopic (exact) mass is 291 g/mol. The summed E-state index contributed by atoms with van der Waals surface area (Å²) >= 11 is 0. The molecule has 4 N–H and O–H groups in total. The fraction of sp³-hybridized carbons (Fsp3) is 0.333. The second-order valence-electron chi connectivity index (χ2n) is 4.14. The van der Waals surface area contributed by atoms with E-state index in [9.17, 15) is 33.0 Å². The molecule has 0 spiro atoms. The van der Waals surface area contributed by atoms with Crippen molar-refractivity contribution in [3.63, 3.8) is 0 Å². The molecular weight excluding hydrogens is 279 g/mol. The first-order valence-electron chi connectivity index (χ1n) is 5.47. The second kappa shape index (κ2) is 6.02. The molecule has 0 saturated heterocycles. The van der Waals surface area contributed by atoms with Crippen molar-refractivity contribution < 1.29 is 33.0 Å². The molecule has 0 aromatic heterocycles. The summed E-state index contributed by atoms with van der Waals surface area (Å²) in [4.78, 5) is 21.4. The average Bonchev–Trinajstić information content (AvgIpc) is 2.35. The minimum atomic E-state index is -4.66. The van der Waals surface area contributed by atoms with Crippen LogP contribution in [-0.4, -0.2) is 28.5 Å². The van der Waals surface area contributed by atoms with Crippen LogP contribution in [0.3, 0.4) is 0 Å². The normalized spacial score (nSPS) is 14.7. The van der Waals surface area contributed by atoms with Crippen LogP contribution in [0, 0.1) is 0 Å². The highest BCUT2D eigenvalue weighted by molar-refractivity contribution is 5.78. The van der Waals surface area contributed by atoms with Crippen LogP contribution in [0.4, 0.5) is 13.2 Å². The molecule has 0 aliphatic carbocycles. The van der Waals surface area contributed by atoms with Gasteiger partial charge in [-0.3, -0.25) is 9.59 Å². The third-order valence-electron chi connectivity index (χ3n) is 2.63. The molecule has 8 heteroatoms. The minimum absolute atomic E-state index is 0.214. The van der Waals surface area contributed by atoms with E-state index in [4.69, 9.17) is 5.73 Å². The molecule has 1 rings (SSSR count). The van der Waals surface area contributed by atoms with E-state index in [0.717, 1.165) is 6.07 Å². The third kappa shape index (κ3) is 3.78. The summed E-state index contributed by atoms with van der Waals surface area (Å²) in [7, 11) is 0. The zero-order valence-corrected chi connectivity index (χ0v) is 10.1. The average molecular weight is 291 g/mol. The SMILES string of the molecule is NC(=O)CC(O)C(O)c1cc(C(F)(F)F)ccc1C=O. The predicted octanol–water partition coefficient (Wildman–Crippen LogP) is 0.788. The van der Waals surface area contributed by atoms with Gasteiger partial charge in [0.1, 0.15) is 12.4 Å². The highest BCUT2D eigenvalue weighted by atomic mass is 19.4. The van der Waals surface area contributed by atoms with E-state index in [1.807, 2.05) is 0 Å². The Balaban J connectivity index is 3.20. The molecule has 0 bridgehead atoms. The van der Waals surface area contributed by atoms with E-state index >= 15 is 0 Å². The summed E-state index contributed by atoms with van der Waals surface area (Å²) in [5, 5.41) is 19.3. The van der Waals surface area contributed by atoms with Crippen molar-refractivity contribution in [2.75, 3.05) is 0 Å². The summed E-state index contributed by atoms with van der Waals surface area (Å²) in [6, 6.07) is 2.12. The van der Waals surface area contributed by atoms with Gasteiger partial charge in [-0.1, -0.05) is 6.07 Å². The molecule has 2 atom stereocenters. The Morgan fingerprint density at radius 1 is 1.35 bits per heavy atom. The van der Waals surface area contributed by atoms with Crippen molar-refractivity contribution in [2.45, 2.75) is 24.8 Å². The zero-order valence-electron chi connectivity index (χ0n) is 10.1. The van der Waals surface area contributed by atoms with Gasteiger partial charge in [0.15, 0.2) is 0 Å². The first-order chi connectivity index (χ1) is 9.16. The predicted molar refractivity (Wildman–Crippen MR) is 61.6 cm³/mol. The lowest BCUT2D eigenvalue weighted by molar-refractivity contribution is -0.137. The molecule has 0 heterocycles. The van der Waals surface area contributed by atoms with Gasteiger partial charge < -0.3 is 15.9 Å². The lowest BCUT2D eigenvalue weighted by Crippen LogP contribution is -2.26. The van der Waals surface area contributed by atoms with E-state index in [1.165, 1.54) is 0 Å². The molecule has 0 aliphatic heterocycles. The number of benzene rings is 1. The summed E-state index contributed by atoms with van der Waals surface area (Å²) in [6.45, 7) is 0. The molecule has 0 radical (unpaired) electrons. The van der Waals surface area contributed by atoms with Gasteiger partial charge in [0.2, 0.25) is 5.91 Å². The number of hydrogen-bond acceptors (Lipinski definition) is 4. The second-order valence-corrected chi connectivity index (χ2v) is 4.14. The Labute approximate surface area is 111 Å². The number of aliphatic hydroxyl groups excluding tert-OH is 2. The van der Waals surface area contributed by atoms with Crippen LogP contribution in [0.25, 0.3) is 0 Å². The quantitative estimate of drug-likeness (QED) is 0.698. The summed E-state index contributed by atoms with van der Waals surface area (Å²) in [5.74, 6) is -0.934. The minimum Gasteiger partial charge on any atom is -0.390 e. The Bertz CT molecular complexity index is 516. The summed E-state index contributed by atoms with van der Waals surface area (Å²) < 4.78 is 37.7. The molecule has 5 nitrogen and oxygen atoms in total. The Kier molecular flexibility index (Phi) is 4.85. The molecule has 1 aromatic rings. The lowest BCUT2D eigenvalue weighted by Gasteiger charge is -2.19. The Morgan fingerprint density at radius 3 is 2.40 bits per heavy atom. The van der Waals surface area contributed by atoms with Crippen LogP contribution in [-0.2, 0) is 11.0 Å². The fourth-order valence-electron chi connectivity index (χ4n) is 1.64. The maximum atomic E-state index is 12.6. The number of primary amides is 1. The number of amides is 1. The van der Waals surface area contributed by atoms with Gasteiger partial charge in [0, 0.05) is 5.56 Å². The van der Waals surface area contributed by atoms with E-state index in [0.29, 0.717) is 12.1 Å². The number of carbonyl (C=O) groups excluding carboxylic acids is 2. The van der Waals surface area contributed by atoms with E-state index in [-0.39, 0.29) is 11.8 Å². The molecule has 1 amide bonds. The molecular formula is C12H12F3NO4. The van der Waals surface area contributed by atoms with Crippen LogP contribution < -0.4 is 5.73 Å². The first-order valence-corrected chi connectivity index (χ1v) is 5.47. The number of rotatable bonds is 5.